The van der Waals surface area contributed by atoms with Crippen molar-refractivity contribution < 1.29 is 13.9 Å². The first-order chi connectivity index (χ1) is 11.8. The lowest BCUT2D eigenvalue weighted by molar-refractivity contribution is 0.0889. The average Bonchev–Trinajstić information content (AvgIpc) is 3.27. The van der Waals surface area contributed by atoms with Crippen molar-refractivity contribution in [1.82, 2.24) is 9.97 Å². The molecule has 24 heavy (non-hydrogen) atoms. The number of aromatic nitrogens is 2. The lowest BCUT2D eigenvalue weighted by atomic mass is 10.0. The van der Waals surface area contributed by atoms with E-state index in [9.17, 15) is 4.79 Å². The van der Waals surface area contributed by atoms with Crippen molar-refractivity contribution in [1.29, 1.82) is 0 Å². The minimum Gasteiger partial charge on any atom is -0.445 e. The molecule has 2 aromatic rings. The Morgan fingerprint density at radius 2 is 2.08 bits per heavy atom. The maximum Gasteiger partial charge on any atom is 0.279 e. The first-order valence-corrected chi connectivity index (χ1v) is 9.48. The highest BCUT2D eigenvalue weighted by Gasteiger charge is 2.28. The van der Waals surface area contributed by atoms with Crippen molar-refractivity contribution in [3.8, 4) is 0 Å². The number of carbonyl (C=O) groups is 1. The number of nitrogens with zero attached hydrogens (tertiary/aromatic N) is 2. The van der Waals surface area contributed by atoms with Crippen LogP contribution in [0.15, 0.2) is 10.8 Å². The van der Waals surface area contributed by atoms with Gasteiger partial charge in [0.25, 0.3) is 5.91 Å². The molecule has 2 aromatic heterocycles. The van der Waals surface area contributed by atoms with Gasteiger partial charge in [0, 0.05) is 11.5 Å². The Kier molecular flexibility index (Phi) is 4.62. The van der Waals surface area contributed by atoms with Gasteiger partial charge in [-0.05, 0) is 38.5 Å². The summed E-state index contributed by atoms with van der Waals surface area (Å²) >= 11 is 1.59. The lowest BCUT2D eigenvalue weighted by Crippen LogP contribution is -2.15. The largest absolute Gasteiger partial charge is 0.445 e. The molecule has 0 unspecified atom stereocenters. The molecule has 3 heterocycles. The Morgan fingerprint density at radius 1 is 1.21 bits per heavy atom. The van der Waals surface area contributed by atoms with Gasteiger partial charge in [-0.3, -0.25) is 10.1 Å². The van der Waals surface area contributed by atoms with E-state index in [-0.39, 0.29) is 12.0 Å². The lowest BCUT2D eigenvalue weighted by Gasteiger charge is -2.07. The number of fused-ring (bicyclic) bond motifs is 1. The monoisotopic (exact) mass is 347 g/mol. The van der Waals surface area contributed by atoms with E-state index in [0.29, 0.717) is 23.2 Å². The van der Waals surface area contributed by atoms with Gasteiger partial charge < -0.3 is 9.15 Å². The fraction of sp³-hybridized carbons (Fsp3) is 0.588. The van der Waals surface area contributed by atoms with Crippen molar-refractivity contribution >= 4 is 22.4 Å². The fourth-order valence-corrected chi connectivity index (χ4v) is 4.40. The molecule has 6 nitrogen and oxygen atoms in total. The average molecular weight is 347 g/mol. The number of carbonyl (C=O) groups excluding carboxylic acids is 1. The van der Waals surface area contributed by atoms with E-state index < -0.39 is 0 Å². The SMILES string of the molecule is O=C(Nc1nc2c(s1)CCCCCC2)c1ncoc1[C@@H]1CCCO1. The summed E-state index contributed by atoms with van der Waals surface area (Å²) < 4.78 is 11.0. The first-order valence-electron chi connectivity index (χ1n) is 8.66. The number of amides is 1. The van der Waals surface area contributed by atoms with Crippen LogP contribution in [0.5, 0.6) is 0 Å². The maximum atomic E-state index is 12.6. The summed E-state index contributed by atoms with van der Waals surface area (Å²) in [6.07, 6.45) is 9.99. The van der Waals surface area contributed by atoms with Crippen LogP contribution in [0.25, 0.3) is 0 Å². The number of hydrogen-bond acceptors (Lipinski definition) is 6. The maximum absolute atomic E-state index is 12.6. The van der Waals surface area contributed by atoms with Gasteiger partial charge in [0.1, 0.15) is 6.10 Å². The molecular formula is C17H21N3O3S. The van der Waals surface area contributed by atoms with Crippen molar-refractivity contribution in [2.45, 2.75) is 57.5 Å². The summed E-state index contributed by atoms with van der Waals surface area (Å²) in [7, 11) is 0. The molecule has 1 aliphatic heterocycles. The second-order valence-electron chi connectivity index (χ2n) is 6.32. The third kappa shape index (κ3) is 3.23. The summed E-state index contributed by atoms with van der Waals surface area (Å²) in [5.74, 6) is 0.260. The fourth-order valence-electron chi connectivity index (χ4n) is 3.35. The van der Waals surface area contributed by atoms with Crippen LogP contribution in [0.4, 0.5) is 5.13 Å². The molecule has 2 aliphatic rings. The van der Waals surface area contributed by atoms with Crippen molar-refractivity contribution in [2.24, 2.45) is 0 Å². The Hall–Kier alpha value is -1.73. The first kappa shape index (κ1) is 15.8. The number of ether oxygens (including phenoxy) is 1. The summed E-state index contributed by atoms with van der Waals surface area (Å²) in [6, 6.07) is 0. The normalized spacial score (nSPS) is 21.1. The molecule has 0 spiro atoms. The zero-order valence-electron chi connectivity index (χ0n) is 13.5. The van der Waals surface area contributed by atoms with Crippen LogP contribution in [-0.2, 0) is 17.6 Å². The number of oxazole rings is 1. The van der Waals surface area contributed by atoms with Crippen LogP contribution < -0.4 is 5.32 Å². The van der Waals surface area contributed by atoms with Crippen LogP contribution in [-0.4, -0.2) is 22.5 Å². The standard InChI is InChI=1S/C17H21N3O3S/c21-16(14-15(23-10-18-14)12-7-5-9-22-12)20-17-19-11-6-3-1-2-4-8-13(11)24-17/h10,12H,1-9H2,(H,19,20,21)/t12-/m0/s1. The highest BCUT2D eigenvalue weighted by atomic mass is 32.1. The Balaban J connectivity index is 1.50. The second-order valence-corrected chi connectivity index (χ2v) is 7.41. The zero-order valence-corrected chi connectivity index (χ0v) is 14.4. The number of aryl methyl sites for hydroxylation is 2. The predicted molar refractivity (Wildman–Crippen MR) is 90.4 cm³/mol. The number of thiazole rings is 1. The van der Waals surface area contributed by atoms with Gasteiger partial charge in [0.05, 0.1) is 5.69 Å². The van der Waals surface area contributed by atoms with Crippen molar-refractivity contribution in [3.05, 3.63) is 28.4 Å². The van der Waals surface area contributed by atoms with Gasteiger partial charge in [-0.1, -0.05) is 12.8 Å². The summed E-state index contributed by atoms with van der Waals surface area (Å²) in [4.78, 5) is 22.6. The van der Waals surface area contributed by atoms with E-state index >= 15 is 0 Å². The molecule has 1 aliphatic carbocycles. The molecule has 7 heteroatoms. The van der Waals surface area contributed by atoms with Crippen molar-refractivity contribution in [2.75, 3.05) is 11.9 Å². The molecule has 0 aromatic carbocycles. The molecule has 4 rings (SSSR count). The van der Waals surface area contributed by atoms with Crippen LogP contribution in [0.1, 0.15) is 71.4 Å². The molecule has 1 atom stereocenters. The molecule has 1 amide bonds. The molecule has 128 valence electrons. The number of anilines is 1. The van der Waals surface area contributed by atoms with Gasteiger partial charge in [0.2, 0.25) is 0 Å². The van der Waals surface area contributed by atoms with Crippen LogP contribution in [0.3, 0.4) is 0 Å². The van der Waals surface area contributed by atoms with E-state index in [1.807, 2.05) is 0 Å². The topological polar surface area (TPSA) is 77.3 Å². The van der Waals surface area contributed by atoms with E-state index in [4.69, 9.17) is 9.15 Å². The Morgan fingerprint density at radius 3 is 2.92 bits per heavy atom. The minimum atomic E-state index is -0.268. The second kappa shape index (κ2) is 7.03. The zero-order chi connectivity index (χ0) is 16.4. The van der Waals surface area contributed by atoms with Crippen molar-refractivity contribution in [3.63, 3.8) is 0 Å². The third-order valence-corrected chi connectivity index (χ3v) is 5.67. The summed E-state index contributed by atoms with van der Waals surface area (Å²) in [6.45, 7) is 0.700. The van der Waals surface area contributed by atoms with E-state index in [1.54, 1.807) is 11.3 Å². The van der Waals surface area contributed by atoms with Gasteiger partial charge in [-0.25, -0.2) is 9.97 Å². The third-order valence-electron chi connectivity index (χ3n) is 4.60. The molecule has 1 N–H and O–H groups in total. The Labute approximate surface area is 144 Å². The molecule has 0 radical (unpaired) electrons. The van der Waals surface area contributed by atoms with Gasteiger partial charge in [0.15, 0.2) is 23.0 Å². The minimum absolute atomic E-state index is 0.162. The van der Waals surface area contributed by atoms with Crippen LogP contribution in [0, 0.1) is 0 Å². The summed E-state index contributed by atoms with van der Waals surface area (Å²) in [5, 5.41) is 3.56. The summed E-state index contributed by atoms with van der Waals surface area (Å²) in [5.41, 5.74) is 1.46. The van der Waals surface area contributed by atoms with Crippen LogP contribution in [0.2, 0.25) is 0 Å². The smallest absolute Gasteiger partial charge is 0.279 e. The highest BCUT2D eigenvalue weighted by molar-refractivity contribution is 7.15. The predicted octanol–water partition coefficient (Wildman–Crippen LogP) is 3.89. The van der Waals surface area contributed by atoms with E-state index in [2.05, 4.69) is 15.3 Å². The molecule has 1 saturated heterocycles. The molecule has 0 bridgehead atoms. The number of hydrogen-bond donors (Lipinski definition) is 1. The molecule has 0 saturated carbocycles. The van der Waals surface area contributed by atoms with Crippen LogP contribution >= 0.6 is 11.3 Å². The molecular weight excluding hydrogens is 326 g/mol. The number of nitrogens with one attached hydrogen (secondary N) is 1. The molecule has 1 fully saturated rings. The van der Waals surface area contributed by atoms with E-state index in [0.717, 1.165) is 31.4 Å². The van der Waals surface area contributed by atoms with Gasteiger partial charge in [-0.15, -0.1) is 11.3 Å². The van der Waals surface area contributed by atoms with Gasteiger partial charge >= 0.3 is 0 Å². The quantitative estimate of drug-likeness (QED) is 0.911. The van der Waals surface area contributed by atoms with Gasteiger partial charge in [-0.2, -0.15) is 0 Å². The van der Waals surface area contributed by atoms with E-state index in [1.165, 1.54) is 37.0 Å². The number of rotatable bonds is 3. The highest BCUT2D eigenvalue weighted by Crippen LogP contribution is 2.32. The Bertz CT molecular complexity index is 693.